The van der Waals surface area contributed by atoms with Crippen LogP contribution in [0.4, 0.5) is 5.82 Å². The van der Waals surface area contributed by atoms with Gasteiger partial charge in [0.25, 0.3) is 5.91 Å². The SMILES string of the molecule is O=C(CN1CCCCC(O)C1=O)N1CCC(Nc2cccnn2)CC1. The van der Waals surface area contributed by atoms with Gasteiger partial charge in [-0.15, -0.1) is 5.10 Å². The lowest BCUT2D eigenvalue weighted by molar-refractivity contribution is -0.145. The summed E-state index contributed by atoms with van der Waals surface area (Å²) in [6.07, 6.45) is 4.48. The van der Waals surface area contributed by atoms with Crippen LogP contribution in [-0.4, -0.2) is 75.2 Å². The molecule has 2 amide bonds. The molecule has 0 saturated carbocycles. The number of aliphatic hydroxyl groups is 1. The Kier molecular flexibility index (Phi) is 5.80. The largest absolute Gasteiger partial charge is 0.383 e. The zero-order valence-corrected chi connectivity index (χ0v) is 14.3. The highest BCUT2D eigenvalue weighted by Gasteiger charge is 2.29. The molecule has 1 aromatic heterocycles. The van der Waals surface area contributed by atoms with Crippen molar-refractivity contribution >= 4 is 17.6 Å². The van der Waals surface area contributed by atoms with Gasteiger partial charge in [-0.3, -0.25) is 9.59 Å². The van der Waals surface area contributed by atoms with Crippen LogP contribution in [0.2, 0.25) is 0 Å². The van der Waals surface area contributed by atoms with Gasteiger partial charge in [0, 0.05) is 31.9 Å². The molecule has 136 valence electrons. The Balaban J connectivity index is 1.47. The van der Waals surface area contributed by atoms with Crippen molar-refractivity contribution in [3.63, 3.8) is 0 Å². The number of carbonyl (C=O) groups excluding carboxylic acids is 2. The molecule has 8 heteroatoms. The smallest absolute Gasteiger partial charge is 0.251 e. The number of piperidine rings is 1. The fourth-order valence-electron chi connectivity index (χ4n) is 3.37. The lowest BCUT2D eigenvalue weighted by atomic mass is 10.0. The molecule has 25 heavy (non-hydrogen) atoms. The molecule has 1 atom stereocenters. The van der Waals surface area contributed by atoms with Crippen molar-refractivity contribution in [3.05, 3.63) is 18.3 Å². The van der Waals surface area contributed by atoms with Crippen LogP contribution in [0.3, 0.4) is 0 Å². The van der Waals surface area contributed by atoms with Crippen molar-refractivity contribution in [2.45, 2.75) is 44.2 Å². The first-order chi connectivity index (χ1) is 12.1. The van der Waals surface area contributed by atoms with E-state index in [1.807, 2.05) is 12.1 Å². The summed E-state index contributed by atoms with van der Waals surface area (Å²) in [6.45, 7) is 1.92. The van der Waals surface area contributed by atoms with Crippen LogP contribution < -0.4 is 5.32 Å². The first kappa shape index (κ1) is 17.6. The van der Waals surface area contributed by atoms with E-state index >= 15 is 0 Å². The molecule has 0 radical (unpaired) electrons. The first-order valence-electron chi connectivity index (χ1n) is 8.92. The van der Waals surface area contributed by atoms with Gasteiger partial charge >= 0.3 is 0 Å². The van der Waals surface area contributed by atoms with E-state index in [2.05, 4.69) is 15.5 Å². The summed E-state index contributed by atoms with van der Waals surface area (Å²) in [5, 5.41) is 21.0. The third-order valence-electron chi connectivity index (χ3n) is 4.85. The van der Waals surface area contributed by atoms with Crippen LogP contribution in [0, 0.1) is 0 Å². The summed E-state index contributed by atoms with van der Waals surface area (Å²) in [7, 11) is 0. The summed E-state index contributed by atoms with van der Waals surface area (Å²) in [6, 6.07) is 3.98. The van der Waals surface area contributed by atoms with Gasteiger partial charge in [-0.1, -0.05) is 0 Å². The molecule has 0 aromatic carbocycles. The number of rotatable bonds is 4. The average Bonchev–Trinajstić information content (AvgIpc) is 2.79. The Morgan fingerprint density at radius 2 is 2.04 bits per heavy atom. The highest BCUT2D eigenvalue weighted by molar-refractivity contribution is 5.87. The van der Waals surface area contributed by atoms with Crippen molar-refractivity contribution in [3.8, 4) is 0 Å². The van der Waals surface area contributed by atoms with Crippen molar-refractivity contribution in [2.75, 3.05) is 31.5 Å². The molecule has 1 aromatic rings. The molecule has 0 aliphatic carbocycles. The summed E-state index contributed by atoms with van der Waals surface area (Å²) >= 11 is 0. The number of likely N-dealkylation sites (tertiary alicyclic amines) is 2. The fraction of sp³-hybridized carbons (Fsp3) is 0.647. The second kappa shape index (κ2) is 8.24. The van der Waals surface area contributed by atoms with E-state index in [0.717, 1.165) is 31.5 Å². The van der Waals surface area contributed by atoms with E-state index in [0.29, 0.717) is 26.1 Å². The topological polar surface area (TPSA) is 98.7 Å². The number of hydrogen-bond donors (Lipinski definition) is 2. The van der Waals surface area contributed by atoms with Crippen LogP contribution in [0.5, 0.6) is 0 Å². The number of nitrogens with zero attached hydrogens (tertiary/aromatic N) is 4. The highest BCUT2D eigenvalue weighted by atomic mass is 16.3. The molecule has 2 N–H and O–H groups in total. The molecule has 2 saturated heterocycles. The molecule has 8 nitrogen and oxygen atoms in total. The molecular weight excluding hydrogens is 322 g/mol. The van der Waals surface area contributed by atoms with Crippen molar-refractivity contribution < 1.29 is 14.7 Å². The van der Waals surface area contributed by atoms with Gasteiger partial charge in [0.1, 0.15) is 11.9 Å². The number of carbonyl (C=O) groups is 2. The van der Waals surface area contributed by atoms with Gasteiger partial charge in [0.2, 0.25) is 5.91 Å². The summed E-state index contributed by atoms with van der Waals surface area (Å²) in [5.41, 5.74) is 0. The Morgan fingerprint density at radius 3 is 2.76 bits per heavy atom. The molecule has 2 aliphatic rings. The Bertz CT molecular complexity index is 589. The monoisotopic (exact) mass is 347 g/mol. The summed E-state index contributed by atoms with van der Waals surface area (Å²) in [5.74, 6) is 0.391. The Morgan fingerprint density at radius 1 is 1.24 bits per heavy atom. The zero-order valence-electron chi connectivity index (χ0n) is 14.3. The molecular formula is C17H25N5O3. The number of aromatic nitrogens is 2. The maximum atomic E-state index is 12.5. The van der Waals surface area contributed by atoms with Gasteiger partial charge in [-0.25, -0.2) is 0 Å². The molecule has 3 rings (SSSR count). The van der Waals surface area contributed by atoms with Crippen molar-refractivity contribution in [2.24, 2.45) is 0 Å². The molecule has 2 aliphatic heterocycles. The van der Waals surface area contributed by atoms with Crippen LogP contribution in [0.1, 0.15) is 32.1 Å². The maximum Gasteiger partial charge on any atom is 0.251 e. The molecule has 2 fully saturated rings. The molecule has 0 bridgehead atoms. The van der Waals surface area contributed by atoms with Crippen molar-refractivity contribution in [1.82, 2.24) is 20.0 Å². The van der Waals surface area contributed by atoms with E-state index < -0.39 is 6.10 Å². The first-order valence-corrected chi connectivity index (χ1v) is 8.92. The molecule has 0 spiro atoms. The summed E-state index contributed by atoms with van der Waals surface area (Å²) < 4.78 is 0. The van der Waals surface area contributed by atoms with Gasteiger partial charge in [0.05, 0.1) is 6.54 Å². The van der Waals surface area contributed by atoms with E-state index in [-0.39, 0.29) is 24.4 Å². The Labute approximate surface area is 147 Å². The number of anilines is 1. The standard InChI is InChI=1S/C17H25N5O3/c23-14-4-1-2-9-22(17(14)25)12-16(24)21-10-6-13(7-11-21)19-15-5-3-8-18-20-15/h3,5,8,13-14,23H,1-2,4,6-7,9-12H2,(H,19,20). The predicted octanol–water partition coefficient (Wildman–Crippen LogP) is 0.253. The lowest BCUT2D eigenvalue weighted by Crippen LogP contribution is -2.49. The van der Waals surface area contributed by atoms with E-state index in [1.54, 1.807) is 11.1 Å². The number of hydrogen-bond acceptors (Lipinski definition) is 6. The van der Waals surface area contributed by atoms with Crippen LogP contribution >= 0.6 is 0 Å². The maximum absolute atomic E-state index is 12.5. The minimum Gasteiger partial charge on any atom is -0.383 e. The van der Waals surface area contributed by atoms with Crippen LogP contribution in [0.25, 0.3) is 0 Å². The number of nitrogens with one attached hydrogen (secondary N) is 1. The minimum atomic E-state index is -0.961. The second-order valence-corrected chi connectivity index (χ2v) is 6.68. The lowest BCUT2D eigenvalue weighted by Gasteiger charge is -2.34. The van der Waals surface area contributed by atoms with Gasteiger partial charge in [-0.2, -0.15) is 5.10 Å². The van der Waals surface area contributed by atoms with Gasteiger partial charge < -0.3 is 20.2 Å². The van der Waals surface area contributed by atoms with Crippen LogP contribution in [0.15, 0.2) is 18.3 Å². The number of amides is 2. The highest BCUT2D eigenvalue weighted by Crippen LogP contribution is 2.16. The van der Waals surface area contributed by atoms with Gasteiger partial charge in [0.15, 0.2) is 0 Å². The molecule has 3 heterocycles. The van der Waals surface area contributed by atoms with E-state index in [9.17, 15) is 14.7 Å². The number of aliphatic hydroxyl groups excluding tert-OH is 1. The van der Waals surface area contributed by atoms with E-state index in [4.69, 9.17) is 0 Å². The quantitative estimate of drug-likeness (QED) is 0.810. The van der Waals surface area contributed by atoms with Crippen LogP contribution in [-0.2, 0) is 9.59 Å². The summed E-state index contributed by atoms with van der Waals surface area (Å²) in [4.78, 5) is 27.9. The second-order valence-electron chi connectivity index (χ2n) is 6.68. The third-order valence-corrected chi connectivity index (χ3v) is 4.85. The fourth-order valence-corrected chi connectivity index (χ4v) is 3.37. The van der Waals surface area contributed by atoms with Crippen molar-refractivity contribution in [1.29, 1.82) is 0 Å². The predicted molar refractivity (Wildman–Crippen MR) is 91.7 cm³/mol. The minimum absolute atomic E-state index is 0.0413. The zero-order chi connectivity index (χ0) is 17.6. The molecule has 1 unspecified atom stereocenters. The normalized spacial score (nSPS) is 22.6. The third kappa shape index (κ3) is 4.66. The Hall–Kier alpha value is -2.22. The average molecular weight is 347 g/mol. The van der Waals surface area contributed by atoms with Gasteiger partial charge in [-0.05, 0) is 44.2 Å². The van der Waals surface area contributed by atoms with E-state index in [1.165, 1.54) is 4.90 Å².